The number of rotatable bonds is 3. The molecule has 1 fully saturated rings. The summed E-state index contributed by atoms with van der Waals surface area (Å²) in [4.78, 5) is 0. The number of nitrogens with one attached hydrogen (secondary N) is 2. The lowest BCUT2D eigenvalue weighted by Gasteiger charge is -2.22. The quantitative estimate of drug-likeness (QED) is 0.510. The molecule has 11 heavy (non-hydrogen) atoms. The summed E-state index contributed by atoms with van der Waals surface area (Å²) in [6, 6.07) is 0.423. The van der Waals surface area contributed by atoms with Gasteiger partial charge in [0.05, 0.1) is 5.88 Å². The molecule has 0 amide bonds. The molecule has 1 saturated heterocycles. The van der Waals surface area contributed by atoms with Crippen LogP contribution in [0.25, 0.3) is 0 Å². The van der Waals surface area contributed by atoms with Gasteiger partial charge in [-0.05, 0) is 25.9 Å². The van der Waals surface area contributed by atoms with E-state index in [0.29, 0.717) is 6.04 Å². The van der Waals surface area contributed by atoms with Crippen LogP contribution in [0.2, 0.25) is 0 Å². The predicted octanol–water partition coefficient (Wildman–Crippen LogP) is -0.493. The standard InChI is InChI=1S/C6H14N2O2S/c9-11(10)5-8-6-1-3-7-4-2-6/h6-8H,1-5H2,(H,9,10). The highest BCUT2D eigenvalue weighted by atomic mass is 32.2. The topological polar surface area (TPSA) is 61.4 Å². The first-order valence-corrected chi connectivity index (χ1v) is 5.08. The molecule has 1 aliphatic heterocycles. The molecule has 0 aromatic carbocycles. The molecule has 0 aromatic heterocycles. The van der Waals surface area contributed by atoms with E-state index in [1.54, 1.807) is 0 Å². The van der Waals surface area contributed by atoms with Crippen LogP contribution in [0.15, 0.2) is 0 Å². The first kappa shape index (κ1) is 9.12. The number of hydrogen-bond acceptors (Lipinski definition) is 3. The van der Waals surface area contributed by atoms with Gasteiger partial charge in [0.1, 0.15) is 0 Å². The molecule has 3 N–H and O–H groups in total. The third kappa shape index (κ3) is 3.81. The van der Waals surface area contributed by atoms with E-state index in [4.69, 9.17) is 4.55 Å². The highest BCUT2D eigenvalue weighted by Gasteiger charge is 2.11. The van der Waals surface area contributed by atoms with Crippen LogP contribution in [0.3, 0.4) is 0 Å². The highest BCUT2D eigenvalue weighted by Crippen LogP contribution is 2.00. The van der Waals surface area contributed by atoms with E-state index in [2.05, 4.69) is 10.6 Å². The molecule has 66 valence electrons. The van der Waals surface area contributed by atoms with Crippen molar-refractivity contribution in [3.63, 3.8) is 0 Å². The first-order valence-electron chi connectivity index (χ1n) is 3.80. The Morgan fingerprint density at radius 1 is 1.55 bits per heavy atom. The normalized spacial score (nSPS) is 23.4. The Kier molecular flexibility index (Phi) is 3.99. The van der Waals surface area contributed by atoms with Gasteiger partial charge in [0, 0.05) is 6.04 Å². The summed E-state index contributed by atoms with van der Waals surface area (Å²) in [5, 5.41) is 6.25. The van der Waals surface area contributed by atoms with Crippen molar-refractivity contribution in [1.82, 2.24) is 10.6 Å². The lowest BCUT2D eigenvalue weighted by atomic mass is 10.1. The minimum atomic E-state index is -1.70. The van der Waals surface area contributed by atoms with E-state index >= 15 is 0 Å². The Hall–Kier alpha value is 0.0300. The van der Waals surface area contributed by atoms with Crippen molar-refractivity contribution in [1.29, 1.82) is 0 Å². The SMILES string of the molecule is O=S(O)CNC1CCNCC1. The van der Waals surface area contributed by atoms with E-state index in [9.17, 15) is 4.21 Å². The van der Waals surface area contributed by atoms with Gasteiger partial charge in [-0.25, -0.2) is 4.21 Å². The van der Waals surface area contributed by atoms with Gasteiger partial charge >= 0.3 is 0 Å². The van der Waals surface area contributed by atoms with Gasteiger partial charge in [-0.2, -0.15) is 0 Å². The molecule has 0 aromatic rings. The third-order valence-electron chi connectivity index (χ3n) is 1.83. The van der Waals surface area contributed by atoms with Gasteiger partial charge in [-0.15, -0.1) is 0 Å². The smallest absolute Gasteiger partial charge is 0.167 e. The fourth-order valence-corrected chi connectivity index (χ4v) is 1.59. The predicted molar refractivity (Wildman–Crippen MR) is 44.7 cm³/mol. The van der Waals surface area contributed by atoms with Crippen LogP contribution in [0.4, 0.5) is 0 Å². The Morgan fingerprint density at radius 2 is 2.18 bits per heavy atom. The Labute approximate surface area is 69.0 Å². The van der Waals surface area contributed by atoms with Crippen molar-refractivity contribution < 1.29 is 8.76 Å². The van der Waals surface area contributed by atoms with Gasteiger partial charge < -0.3 is 15.2 Å². The minimum absolute atomic E-state index is 0.199. The summed E-state index contributed by atoms with van der Waals surface area (Å²) >= 11 is -1.70. The van der Waals surface area contributed by atoms with Gasteiger partial charge in [0.15, 0.2) is 11.1 Å². The zero-order valence-electron chi connectivity index (χ0n) is 6.38. The monoisotopic (exact) mass is 178 g/mol. The third-order valence-corrected chi connectivity index (χ3v) is 2.25. The Bertz CT molecular complexity index is 137. The van der Waals surface area contributed by atoms with Crippen molar-refractivity contribution in [2.45, 2.75) is 18.9 Å². The van der Waals surface area contributed by atoms with Crippen molar-refractivity contribution in [2.75, 3.05) is 19.0 Å². The second-order valence-corrected chi connectivity index (χ2v) is 3.63. The molecule has 0 saturated carbocycles. The average Bonchev–Trinajstić information content (AvgIpc) is 2.03. The zero-order chi connectivity index (χ0) is 8.10. The molecule has 1 heterocycles. The maximum absolute atomic E-state index is 10.3. The van der Waals surface area contributed by atoms with E-state index in [0.717, 1.165) is 25.9 Å². The molecule has 1 unspecified atom stereocenters. The van der Waals surface area contributed by atoms with Gasteiger partial charge in [0.25, 0.3) is 0 Å². The van der Waals surface area contributed by atoms with Crippen LogP contribution in [0.5, 0.6) is 0 Å². The Morgan fingerprint density at radius 3 is 2.73 bits per heavy atom. The van der Waals surface area contributed by atoms with E-state index < -0.39 is 11.1 Å². The molecule has 1 rings (SSSR count). The molecular formula is C6H14N2O2S. The van der Waals surface area contributed by atoms with Crippen LogP contribution in [0.1, 0.15) is 12.8 Å². The lowest BCUT2D eigenvalue weighted by Crippen LogP contribution is -2.40. The first-order chi connectivity index (χ1) is 5.29. The molecule has 0 spiro atoms. The summed E-state index contributed by atoms with van der Waals surface area (Å²) < 4.78 is 18.8. The average molecular weight is 178 g/mol. The lowest BCUT2D eigenvalue weighted by molar-refractivity contribution is 0.401. The molecule has 1 aliphatic rings. The number of piperidine rings is 1. The molecular weight excluding hydrogens is 164 g/mol. The minimum Gasteiger partial charge on any atom is -0.317 e. The van der Waals surface area contributed by atoms with Gasteiger partial charge in [-0.1, -0.05) is 0 Å². The van der Waals surface area contributed by atoms with Gasteiger partial charge in [-0.3, -0.25) is 0 Å². The van der Waals surface area contributed by atoms with Crippen LogP contribution in [0, 0.1) is 0 Å². The maximum atomic E-state index is 10.3. The number of hydrogen-bond donors (Lipinski definition) is 3. The fourth-order valence-electron chi connectivity index (χ4n) is 1.22. The second kappa shape index (κ2) is 4.82. The molecule has 5 heteroatoms. The van der Waals surface area contributed by atoms with E-state index in [-0.39, 0.29) is 5.88 Å². The summed E-state index contributed by atoms with van der Waals surface area (Å²) in [5.74, 6) is 0.199. The van der Waals surface area contributed by atoms with Crippen LogP contribution < -0.4 is 10.6 Å². The van der Waals surface area contributed by atoms with Crippen molar-refractivity contribution >= 4 is 11.1 Å². The van der Waals surface area contributed by atoms with Crippen LogP contribution >= 0.6 is 0 Å². The van der Waals surface area contributed by atoms with Crippen molar-refractivity contribution in [2.24, 2.45) is 0 Å². The molecule has 4 nitrogen and oxygen atoms in total. The zero-order valence-corrected chi connectivity index (χ0v) is 7.19. The van der Waals surface area contributed by atoms with Crippen LogP contribution in [-0.2, 0) is 11.1 Å². The van der Waals surface area contributed by atoms with Crippen molar-refractivity contribution in [3.05, 3.63) is 0 Å². The van der Waals surface area contributed by atoms with Crippen LogP contribution in [-0.4, -0.2) is 33.8 Å². The summed E-state index contributed by atoms with van der Waals surface area (Å²) in [6.07, 6.45) is 2.11. The molecule has 0 bridgehead atoms. The summed E-state index contributed by atoms with van der Waals surface area (Å²) in [7, 11) is 0. The maximum Gasteiger partial charge on any atom is 0.167 e. The van der Waals surface area contributed by atoms with E-state index in [1.807, 2.05) is 0 Å². The van der Waals surface area contributed by atoms with Gasteiger partial charge in [0.2, 0.25) is 0 Å². The summed E-state index contributed by atoms with van der Waals surface area (Å²) in [5.41, 5.74) is 0. The van der Waals surface area contributed by atoms with Crippen molar-refractivity contribution in [3.8, 4) is 0 Å². The fraction of sp³-hybridized carbons (Fsp3) is 1.00. The highest BCUT2D eigenvalue weighted by molar-refractivity contribution is 7.79. The molecule has 1 atom stereocenters. The molecule has 0 radical (unpaired) electrons. The van der Waals surface area contributed by atoms with E-state index in [1.165, 1.54) is 0 Å². The summed E-state index contributed by atoms with van der Waals surface area (Å²) in [6.45, 7) is 2.02. The second-order valence-electron chi connectivity index (χ2n) is 2.69. The Balaban J connectivity index is 2.09. The largest absolute Gasteiger partial charge is 0.317 e. The molecule has 0 aliphatic carbocycles.